The van der Waals surface area contributed by atoms with Gasteiger partial charge in [0.1, 0.15) is 29.0 Å². The normalized spacial score (nSPS) is 19.0. The number of aromatic nitrogens is 2. The fourth-order valence-electron chi connectivity index (χ4n) is 3.41. The molecule has 1 aliphatic heterocycles. The minimum atomic E-state index is -1.08. The van der Waals surface area contributed by atoms with Crippen molar-refractivity contribution in [1.29, 1.82) is 0 Å². The molecule has 0 saturated carbocycles. The monoisotopic (exact) mass is 469 g/mol. The van der Waals surface area contributed by atoms with Crippen molar-refractivity contribution >= 4 is 17.8 Å². The van der Waals surface area contributed by atoms with Crippen LogP contribution in [0.2, 0.25) is 0 Å². The van der Waals surface area contributed by atoms with E-state index >= 15 is 0 Å². The fourth-order valence-corrected chi connectivity index (χ4v) is 3.41. The number of imidazole rings is 1. The molecule has 0 spiro atoms. The van der Waals surface area contributed by atoms with Crippen LogP contribution < -0.4 is 10.1 Å². The van der Waals surface area contributed by atoms with E-state index in [2.05, 4.69) is 15.3 Å². The molecule has 0 fully saturated rings. The first-order valence-corrected chi connectivity index (χ1v) is 11.5. The third-order valence-corrected chi connectivity index (χ3v) is 5.22. The Balaban J connectivity index is 1.58. The molecule has 2 aromatic rings. The van der Waals surface area contributed by atoms with E-state index in [1.807, 2.05) is 0 Å². The highest BCUT2D eigenvalue weighted by atomic mass is 16.5. The molecule has 0 amide bonds. The molecule has 9 heteroatoms. The summed E-state index contributed by atoms with van der Waals surface area (Å²) in [6, 6.07) is 3.09. The molecule has 1 atom stereocenters. The quantitative estimate of drug-likeness (QED) is 0.343. The summed E-state index contributed by atoms with van der Waals surface area (Å²) in [5.41, 5.74) is 0.511. The lowest BCUT2D eigenvalue weighted by molar-refractivity contribution is -0.122. The van der Waals surface area contributed by atoms with E-state index in [-0.39, 0.29) is 30.1 Å². The number of nitrogens with one attached hydrogen (secondary N) is 2. The number of phenols is 1. The number of allylic oxidation sites excluding steroid dienone is 1. The predicted octanol–water partition coefficient (Wildman–Crippen LogP) is 2.90. The van der Waals surface area contributed by atoms with Crippen molar-refractivity contribution in [3.8, 4) is 11.5 Å². The van der Waals surface area contributed by atoms with Crippen LogP contribution in [0, 0.1) is 0 Å². The largest absolute Gasteiger partial charge is 0.507 e. The molecular formula is C25H31N3O6. The van der Waals surface area contributed by atoms with Gasteiger partial charge < -0.3 is 30.0 Å². The standard InChI is InChI=1S/C25H31N3O6/c29-20-8-2-1-7-18-15-19(33-13-6-4-10-26-17-23-27-11-12-28-23)16-22(31)24(18)25(32)34-14-5-3-9-21(20)30/h1,3,7,9,11-12,15-16,20,26,29,31H,2,4-6,8,10,13-14,17H2,(H,27,28)/b7-1+,9-3-/t20-/m0/s1. The Kier molecular flexibility index (Phi) is 9.87. The molecule has 1 aliphatic rings. The van der Waals surface area contributed by atoms with Crippen molar-refractivity contribution in [3.63, 3.8) is 0 Å². The number of carbonyl (C=O) groups excluding carboxylic acids is 2. The number of benzene rings is 1. The smallest absolute Gasteiger partial charge is 0.342 e. The number of aromatic amines is 1. The zero-order valence-electron chi connectivity index (χ0n) is 19.0. The molecule has 2 heterocycles. The molecule has 3 rings (SSSR count). The molecule has 0 unspecified atom stereocenters. The van der Waals surface area contributed by atoms with Gasteiger partial charge in [-0.1, -0.05) is 18.2 Å². The molecule has 4 N–H and O–H groups in total. The maximum atomic E-state index is 12.6. The van der Waals surface area contributed by atoms with Gasteiger partial charge in [0.25, 0.3) is 0 Å². The van der Waals surface area contributed by atoms with Gasteiger partial charge in [-0.2, -0.15) is 0 Å². The Morgan fingerprint density at radius 3 is 2.85 bits per heavy atom. The van der Waals surface area contributed by atoms with Crippen LogP contribution in [0.4, 0.5) is 0 Å². The first-order chi connectivity index (χ1) is 16.5. The van der Waals surface area contributed by atoms with Crippen LogP contribution in [0.15, 0.2) is 42.8 Å². The van der Waals surface area contributed by atoms with Gasteiger partial charge in [0, 0.05) is 18.5 Å². The highest BCUT2D eigenvalue weighted by molar-refractivity contribution is 5.97. The van der Waals surface area contributed by atoms with Gasteiger partial charge >= 0.3 is 5.97 Å². The molecule has 0 bridgehead atoms. The fraction of sp³-hybridized carbons (Fsp3) is 0.400. The van der Waals surface area contributed by atoms with Gasteiger partial charge in [-0.3, -0.25) is 4.79 Å². The number of H-pyrrole nitrogens is 1. The van der Waals surface area contributed by atoms with Gasteiger partial charge in [-0.25, -0.2) is 9.78 Å². The number of esters is 1. The Morgan fingerprint density at radius 2 is 2.03 bits per heavy atom. The average molecular weight is 470 g/mol. The van der Waals surface area contributed by atoms with Crippen LogP contribution in [-0.2, 0) is 16.1 Å². The number of ketones is 1. The van der Waals surface area contributed by atoms with E-state index in [4.69, 9.17) is 9.47 Å². The van der Waals surface area contributed by atoms with Crippen LogP contribution in [0.5, 0.6) is 11.5 Å². The Bertz CT molecular complexity index is 1000. The van der Waals surface area contributed by atoms with E-state index in [0.717, 1.165) is 25.2 Å². The molecule has 0 radical (unpaired) electrons. The summed E-state index contributed by atoms with van der Waals surface area (Å²) in [6.07, 6.45) is 11.4. The Hall–Kier alpha value is -3.43. The Labute approximate surface area is 198 Å². The number of cyclic esters (lactones) is 1. The third kappa shape index (κ3) is 7.86. The van der Waals surface area contributed by atoms with Crippen molar-refractivity contribution in [2.45, 2.75) is 44.8 Å². The van der Waals surface area contributed by atoms with Crippen LogP contribution in [0.3, 0.4) is 0 Å². The van der Waals surface area contributed by atoms with Gasteiger partial charge in [0.2, 0.25) is 0 Å². The number of aliphatic hydroxyl groups excluding tert-OH is 1. The molecular weight excluding hydrogens is 438 g/mol. The summed E-state index contributed by atoms with van der Waals surface area (Å²) in [4.78, 5) is 31.6. The number of nitrogens with zero attached hydrogens (tertiary/aromatic N) is 1. The highest BCUT2D eigenvalue weighted by Gasteiger charge is 2.19. The average Bonchev–Trinajstić information content (AvgIpc) is 3.33. The predicted molar refractivity (Wildman–Crippen MR) is 126 cm³/mol. The molecule has 1 aromatic heterocycles. The zero-order valence-corrected chi connectivity index (χ0v) is 19.0. The maximum Gasteiger partial charge on any atom is 0.342 e. The van der Waals surface area contributed by atoms with Crippen molar-refractivity contribution in [3.05, 3.63) is 59.7 Å². The topological polar surface area (TPSA) is 134 Å². The van der Waals surface area contributed by atoms with E-state index < -0.39 is 12.1 Å². The van der Waals surface area contributed by atoms with E-state index in [9.17, 15) is 19.8 Å². The summed E-state index contributed by atoms with van der Waals surface area (Å²) in [7, 11) is 0. The number of ether oxygens (including phenoxy) is 2. The molecule has 34 heavy (non-hydrogen) atoms. The molecule has 1 aromatic carbocycles. The molecule has 182 valence electrons. The third-order valence-electron chi connectivity index (χ3n) is 5.22. The van der Waals surface area contributed by atoms with Crippen LogP contribution >= 0.6 is 0 Å². The van der Waals surface area contributed by atoms with E-state index in [1.54, 1.807) is 36.7 Å². The first-order valence-electron chi connectivity index (χ1n) is 11.5. The van der Waals surface area contributed by atoms with Crippen molar-refractivity contribution in [2.75, 3.05) is 19.8 Å². The number of fused-ring (bicyclic) bond motifs is 1. The molecule has 0 aliphatic carbocycles. The summed E-state index contributed by atoms with van der Waals surface area (Å²) < 4.78 is 11.0. The second kappa shape index (κ2) is 13.3. The summed E-state index contributed by atoms with van der Waals surface area (Å²) >= 11 is 0. The second-order valence-corrected chi connectivity index (χ2v) is 7.90. The number of phenolic OH excluding ortho intramolecular Hbond substituents is 1. The SMILES string of the molecule is O=C1OCC/C=C\C(=O)[C@@H](O)CC/C=C/c2cc(OCCCCNCc3ncc[nH]3)cc(O)c21. The summed E-state index contributed by atoms with van der Waals surface area (Å²) in [6.45, 7) is 2.00. The van der Waals surface area contributed by atoms with Crippen molar-refractivity contribution < 1.29 is 29.3 Å². The highest BCUT2D eigenvalue weighted by Crippen LogP contribution is 2.30. The van der Waals surface area contributed by atoms with E-state index in [1.165, 1.54) is 12.1 Å². The van der Waals surface area contributed by atoms with Crippen molar-refractivity contribution in [1.82, 2.24) is 15.3 Å². The van der Waals surface area contributed by atoms with E-state index in [0.29, 0.717) is 37.3 Å². The number of unbranched alkanes of at least 4 members (excludes halogenated alkanes) is 1. The first kappa shape index (κ1) is 25.2. The number of rotatable bonds is 8. The van der Waals surface area contributed by atoms with Crippen LogP contribution in [-0.4, -0.2) is 57.8 Å². The molecule has 9 nitrogen and oxygen atoms in total. The van der Waals surface area contributed by atoms with Crippen LogP contribution in [0.25, 0.3) is 6.08 Å². The van der Waals surface area contributed by atoms with Gasteiger partial charge in [0.15, 0.2) is 5.78 Å². The summed E-state index contributed by atoms with van der Waals surface area (Å²) in [5.74, 6) is 0.0853. The lowest BCUT2D eigenvalue weighted by atomic mass is 10.0. The van der Waals surface area contributed by atoms with Gasteiger partial charge in [-0.05, 0) is 56.4 Å². The van der Waals surface area contributed by atoms with Crippen molar-refractivity contribution in [2.24, 2.45) is 0 Å². The van der Waals surface area contributed by atoms with Gasteiger partial charge in [0.05, 0.1) is 19.8 Å². The number of aliphatic hydroxyl groups is 1. The minimum absolute atomic E-state index is 0.0491. The lowest BCUT2D eigenvalue weighted by Gasteiger charge is -2.13. The maximum absolute atomic E-state index is 12.6. The lowest BCUT2D eigenvalue weighted by Crippen LogP contribution is -2.17. The number of hydrogen-bond acceptors (Lipinski definition) is 8. The number of aromatic hydroxyl groups is 1. The number of hydrogen-bond donors (Lipinski definition) is 4. The Morgan fingerprint density at radius 1 is 1.18 bits per heavy atom. The summed E-state index contributed by atoms with van der Waals surface area (Å²) in [5, 5.41) is 23.8. The van der Waals surface area contributed by atoms with Crippen LogP contribution in [0.1, 0.15) is 53.8 Å². The van der Waals surface area contributed by atoms with Gasteiger partial charge in [-0.15, -0.1) is 0 Å². The second-order valence-electron chi connectivity index (χ2n) is 7.90. The number of carbonyl (C=O) groups is 2. The molecule has 0 saturated heterocycles. The zero-order chi connectivity index (χ0) is 24.2. The minimum Gasteiger partial charge on any atom is -0.507 e.